The number of aromatic nitrogens is 2. The second-order valence-corrected chi connectivity index (χ2v) is 5.73. The van der Waals surface area contributed by atoms with Crippen LogP contribution in [0.4, 0.5) is 0 Å². The molecule has 1 aromatic heterocycles. The molecule has 0 spiro atoms. The smallest absolute Gasteiger partial charge is 0.296 e. The number of unbranched alkanes of at least 4 members (excludes halogenated alkanes) is 1. The molecule has 0 saturated heterocycles. The molecular formula is C15H16Cl2N3O4. The highest BCUT2D eigenvalue weighted by molar-refractivity contribution is 6.35. The molecule has 0 amide bonds. The highest BCUT2D eigenvalue weighted by Crippen LogP contribution is 2.35. The van der Waals surface area contributed by atoms with Crippen LogP contribution in [0.1, 0.15) is 31.6 Å². The van der Waals surface area contributed by atoms with Crippen LogP contribution in [0.2, 0.25) is 10.0 Å². The Balaban J connectivity index is 2.39. The lowest BCUT2D eigenvalue weighted by Crippen LogP contribution is -2.26. The Morgan fingerprint density at radius 1 is 1.46 bits per heavy atom. The van der Waals surface area contributed by atoms with Crippen molar-refractivity contribution in [2.75, 3.05) is 6.61 Å². The van der Waals surface area contributed by atoms with Gasteiger partial charge in [-0.25, -0.2) is 4.98 Å². The standard InChI is InChI=1S/C15H16Cl2N3O4/c1-2-3-8-23-14(12-5-4-11(16)9-13(12)17)15(24-20(21)22)19-7-6-18-10-19/h4-7,9-10,15H,2-3,8H2,1H3. The van der Waals surface area contributed by atoms with Gasteiger partial charge in [0, 0.05) is 34.6 Å². The maximum absolute atomic E-state index is 10.9. The van der Waals surface area contributed by atoms with Crippen molar-refractivity contribution >= 4 is 23.2 Å². The Morgan fingerprint density at radius 3 is 2.83 bits per heavy atom. The Labute approximate surface area is 149 Å². The summed E-state index contributed by atoms with van der Waals surface area (Å²) in [5, 5.41) is 10.8. The van der Waals surface area contributed by atoms with Gasteiger partial charge in [-0.3, -0.25) is 4.84 Å². The minimum absolute atomic E-state index is 0.222. The third kappa shape index (κ3) is 4.83. The Hall–Kier alpha value is -1.83. The van der Waals surface area contributed by atoms with Crippen LogP contribution in [-0.2, 0) is 9.57 Å². The lowest BCUT2D eigenvalue weighted by atomic mass is 10.1. The van der Waals surface area contributed by atoms with Gasteiger partial charge in [0.15, 0.2) is 6.10 Å². The highest BCUT2D eigenvalue weighted by Gasteiger charge is 2.32. The van der Waals surface area contributed by atoms with E-state index < -0.39 is 11.3 Å². The molecule has 1 heterocycles. The van der Waals surface area contributed by atoms with Gasteiger partial charge >= 0.3 is 0 Å². The van der Waals surface area contributed by atoms with Crippen LogP contribution in [0.15, 0.2) is 36.9 Å². The molecule has 2 aromatic rings. The molecule has 1 unspecified atom stereocenters. The zero-order valence-electron chi connectivity index (χ0n) is 12.9. The van der Waals surface area contributed by atoms with Crippen molar-refractivity contribution < 1.29 is 14.7 Å². The van der Waals surface area contributed by atoms with E-state index in [4.69, 9.17) is 32.8 Å². The highest BCUT2D eigenvalue weighted by atomic mass is 35.5. The number of nitrogens with zero attached hydrogens (tertiary/aromatic N) is 3. The third-order valence-electron chi connectivity index (χ3n) is 3.16. The predicted octanol–water partition coefficient (Wildman–Crippen LogP) is 4.29. The van der Waals surface area contributed by atoms with Crippen molar-refractivity contribution in [3.8, 4) is 0 Å². The zero-order valence-corrected chi connectivity index (χ0v) is 14.4. The molecule has 1 atom stereocenters. The maximum atomic E-state index is 10.9. The van der Waals surface area contributed by atoms with Crippen molar-refractivity contribution in [3.05, 3.63) is 68.7 Å². The lowest BCUT2D eigenvalue weighted by molar-refractivity contribution is -0.775. The number of benzene rings is 1. The van der Waals surface area contributed by atoms with Crippen LogP contribution < -0.4 is 0 Å². The van der Waals surface area contributed by atoms with Gasteiger partial charge in [0.25, 0.3) is 5.09 Å². The summed E-state index contributed by atoms with van der Waals surface area (Å²) in [6, 6.07) is 4.81. The second kappa shape index (κ2) is 8.86. The van der Waals surface area contributed by atoms with E-state index in [-0.39, 0.29) is 6.10 Å². The minimum atomic E-state index is -1.14. The molecule has 0 aliphatic heterocycles. The number of rotatable bonds is 9. The molecule has 7 nitrogen and oxygen atoms in total. The van der Waals surface area contributed by atoms with Crippen LogP contribution in [0.3, 0.4) is 0 Å². The van der Waals surface area contributed by atoms with Gasteiger partial charge < -0.3 is 9.30 Å². The van der Waals surface area contributed by atoms with Crippen LogP contribution in [0.5, 0.6) is 0 Å². The average molecular weight is 373 g/mol. The molecule has 9 heteroatoms. The summed E-state index contributed by atoms with van der Waals surface area (Å²) in [7, 11) is 0. The van der Waals surface area contributed by atoms with Crippen LogP contribution in [0.25, 0.3) is 0 Å². The Morgan fingerprint density at radius 2 is 2.25 bits per heavy atom. The summed E-state index contributed by atoms with van der Waals surface area (Å²) >= 11 is 12.2. The molecule has 1 radical (unpaired) electrons. The van der Waals surface area contributed by atoms with Gasteiger partial charge in [0.05, 0.1) is 6.33 Å². The third-order valence-corrected chi connectivity index (χ3v) is 3.71. The number of halogens is 2. The van der Waals surface area contributed by atoms with Crippen molar-refractivity contribution in [2.45, 2.75) is 26.0 Å². The monoisotopic (exact) mass is 372 g/mol. The number of hydrogen-bond donors (Lipinski definition) is 0. The molecule has 1 aromatic carbocycles. The van der Waals surface area contributed by atoms with E-state index in [1.165, 1.54) is 17.1 Å². The predicted molar refractivity (Wildman–Crippen MR) is 89.0 cm³/mol. The van der Waals surface area contributed by atoms with E-state index in [1.54, 1.807) is 24.4 Å². The normalized spacial score (nSPS) is 12.3. The van der Waals surface area contributed by atoms with E-state index in [9.17, 15) is 10.1 Å². The molecule has 0 N–H and O–H groups in total. The molecule has 0 bridgehead atoms. The molecule has 2 rings (SSSR count). The SMILES string of the molecule is CCCCO[C](c1ccc(Cl)cc1Cl)C(O[N+](=O)[O-])n1ccnc1. The fourth-order valence-corrected chi connectivity index (χ4v) is 2.53. The summed E-state index contributed by atoms with van der Waals surface area (Å²) in [6.07, 6.45) is 5.21. The first-order valence-corrected chi connectivity index (χ1v) is 8.02. The second-order valence-electron chi connectivity index (χ2n) is 4.88. The van der Waals surface area contributed by atoms with Gasteiger partial charge in [0.1, 0.15) is 0 Å². The molecule has 24 heavy (non-hydrogen) atoms. The van der Waals surface area contributed by atoms with Crippen molar-refractivity contribution in [1.29, 1.82) is 0 Å². The first-order chi connectivity index (χ1) is 11.5. The maximum Gasteiger partial charge on any atom is 0.296 e. The zero-order chi connectivity index (χ0) is 17.5. The molecule has 0 fully saturated rings. The quantitative estimate of drug-likeness (QED) is 0.372. The van der Waals surface area contributed by atoms with E-state index in [0.717, 1.165) is 12.8 Å². The first kappa shape index (κ1) is 18.5. The fourth-order valence-electron chi connectivity index (χ4n) is 2.03. The lowest BCUT2D eigenvalue weighted by Gasteiger charge is -2.26. The van der Waals surface area contributed by atoms with E-state index in [0.29, 0.717) is 22.2 Å². The summed E-state index contributed by atoms with van der Waals surface area (Å²) in [5.41, 5.74) is 0.470. The van der Waals surface area contributed by atoms with Gasteiger partial charge in [-0.05, 0) is 18.6 Å². The molecule has 0 aliphatic carbocycles. The number of hydrogen-bond acceptors (Lipinski definition) is 5. The number of ether oxygens (including phenoxy) is 1. The van der Waals surface area contributed by atoms with Crippen molar-refractivity contribution in [3.63, 3.8) is 0 Å². The van der Waals surface area contributed by atoms with Crippen LogP contribution in [-0.4, -0.2) is 21.2 Å². The van der Waals surface area contributed by atoms with Crippen LogP contribution in [0, 0.1) is 16.2 Å². The van der Waals surface area contributed by atoms with Crippen molar-refractivity contribution in [1.82, 2.24) is 9.55 Å². The Kier molecular flexibility index (Phi) is 6.84. The summed E-state index contributed by atoms with van der Waals surface area (Å²) in [4.78, 5) is 19.7. The van der Waals surface area contributed by atoms with Gasteiger partial charge in [-0.1, -0.05) is 42.6 Å². The molecule has 0 saturated carbocycles. The van der Waals surface area contributed by atoms with Crippen LogP contribution >= 0.6 is 23.2 Å². The summed E-state index contributed by atoms with van der Waals surface area (Å²) < 4.78 is 7.21. The topological polar surface area (TPSA) is 79.4 Å². The molecular weight excluding hydrogens is 357 g/mol. The molecule has 129 valence electrons. The largest absolute Gasteiger partial charge is 0.362 e. The average Bonchev–Trinajstić information content (AvgIpc) is 3.05. The van der Waals surface area contributed by atoms with Crippen molar-refractivity contribution in [2.24, 2.45) is 0 Å². The van der Waals surface area contributed by atoms with E-state index in [1.807, 2.05) is 6.92 Å². The summed E-state index contributed by atoms with van der Waals surface area (Å²) in [6.45, 7) is 2.39. The molecule has 0 aliphatic rings. The number of imidazole rings is 1. The van der Waals surface area contributed by atoms with E-state index >= 15 is 0 Å². The fraction of sp³-hybridized carbons (Fsp3) is 0.333. The summed E-state index contributed by atoms with van der Waals surface area (Å²) in [5.74, 6) is 0. The van der Waals surface area contributed by atoms with Gasteiger partial charge in [-0.2, -0.15) is 0 Å². The Bertz CT molecular complexity index is 667. The van der Waals surface area contributed by atoms with Gasteiger partial charge in [0.2, 0.25) is 6.23 Å². The van der Waals surface area contributed by atoms with E-state index in [2.05, 4.69) is 4.98 Å². The van der Waals surface area contributed by atoms with Gasteiger partial charge in [-0.15, -0.1) is 10.1 Å². The first-order valence-electron chi connectivity index (χ1n) is 7.26. The minimum Gasteiger partial charge on any atom is -0.362 e.